The number of fused-ring (bicyclic) bond motifs is 1. The smallest absolute Gasteiger partial charge is 0.252 e. The van der Waals surface area contributed by atoms with Crippen LogP contribution in [0.1, 0.15) is 24.0 Å². The van der Waals surface area contributed by atoms with Crippen molar-refractivity contribution < 1.29 is 0 Å². The molecule has 0 aliphatic carbocycles. The Morgan fingerprint density at radius 3 is 2.91 bits per heavy atom. The van der Waals surface area contributed by atoms with Gasteiger partial charge in [-0.3, -0.25) is 4.79 Å². The zero-order valence-corrected chi connectivity index (χ0v) is 18.1. The third-order valence-corrected chi connectivity index (χ3v) is 6.16. The molecule has 9 heteroatoms. The first-order valence-corrected chi connectivity index (χ1v) is 10.9. The van der Waals surface area contributed by atoms with Crippen molar-refractivity contribution in [1.82, 2.24) is 34.7 Å². The van der Waals surface area contributed by atoms with Crippen molar-refractivity contribution in [2.24, 2.45) is 0 Å². The van der Waals surface area contributed by atoms with Crippen LogP contribution < -0.4 is 5.56 Å². The summed E-state index contributed by atoms with van der Waals surface area (Å²) < 4.78 is 3.38. The van der Waals surface area contributed by atoms with Gasteiger partial charge in [-0.25, -0.2) is 4.98 Å². The summed E-state index contributed by atoms with van der Waals surface area (Å²) in [5, 5.41) is 12.0. The lowest BCUT2D eigenvalue weighted by Crippen LogP contribution is -2.23. The van der Waals surface area contributed by atoms with E-state index in [9.17, 15) is 4.79 Å². The Kier molecular flexibility index (Phi) is 4.66. The van der Waals surface area contributed by atoms with Gasteiger partial charge in [-0.2, -0.15) is 4.68 Å². The molecule has 0 bridgehead atoms. The molecule has 0 saturated heterocycles. The highest BCUT2D eigenvalue weighted by Gasteiger charge is 2.28. The standard InChI is InChI=1S/C24H17ClN7O/c25-17-6-8-21(31-14-27-29-30-31)19(12-17)16-10-18-7-9-22(32(18)23(33)11-16)24-26-13-20(28-24)15-4-2-1-3-5-15/h1-2,4-6,8,10-14,22H,7,9H2,(H,26,28)/t22-/m0/s1. The molecular formula is C24H17ClN7O. The fourth-order valence-electron chi connectivity index (χ4n) is 4.43. The Labute approximate surface area is 193 Å². The van der Waals surface area contributed by atoms with Crippen LogP contribution in [0.25, 0.3) is 28.1 Å². The second kappa shape index (κ2) is 7.83. The molecule has 6 rings (SSSR count). The lowest BCUT2D eigenvalue weighted by molar-refractivity contribution is 0.572. The maximum absolute atomic E-state index is 13.3. The molecule has 5 aromatic rings. The fourth-order valence-corrected chi connectivity index (χ4v) is 4.61. The second-order valence-corrected chi connectivity index (χ2v) is 8.32. The summed E-state index contributed by atoms with van der Waals surface area (Å²) in [7, 11) is 0. The van der Waals surface area contributed by atoms with Crippen LogP contribution >= 0.6 is 11.6 Å². The van der Waals surface area contributed by atoms with Gasteiger partial charge in [-0.05, 0) is 65.2 Å². The van der Waals surface area contributed by atoms with Gasteiger partial charge in [0.15, 0.2) is 0 Å². The molecule has 0 amide bonds. The van der Waals surface area contributed by atoms with Crippen LogP contribution in [-0.4, -0.2) is 34.7 Å². The molecule has 1 N–H and O–H groups in total. The van der Waals surface area contributed by atoms with Gasteiger partial charge in [0.25, 0.3) is 5.56 Å². The minimum atomic E-state index is -0.138. The van der Waals surface area contributed by atoms with E-state index in [-0.39, 0.29) is 11.6 Å². The number of aromatic amines is 1. The summed E-state index contributed by atoms with van der Waals surface area (Å²) >= 11 is 6.28. The van der Waals surface area contributed by atoms with Crippen molar-refractivity contribution in [3.8, 4) is 28.1 Å². The van der Waals surface area contributed by atoms with Gasteiger partial charge in [-0.15, -0.1) is 5.10 Å². The van der Waals surface area contributed by atoms with Crippen LogP contribution in [0.4, 0.5) is 0 Å². The van der Waals surface area contributed by atoms with Crippen LogP contribution in [0.5, 0.6) is 0 Å². The van der Waals surface area contributed by atoms with Crippen LogP contribution in [0.15, 0.2) is 71.9 Å². The summed E-state index contributed by atoms with van der Waals surface area (Å²) in [4.78, 5) is 21.3. The first-order chi connectivity index (χ1) is 16.2. The van der Waals surface area contributed by atoms with E-state index in [2.05, 4.69) is 31.6 Å². The van der Waals surface area contributed by atoms with Crippen molar-refractivity contribution in [2.45, 2.75) is 18.9 Å². The number of benzene rings is 2. The zero-order valence-electron chi connectivity index (χ0n) is 17.3. The van der Waals surface area contributed by atoms with Crippen LogP contribution in [0, 0.1) is 6.07 Å². The number of pyridine rings is 1. The highest BCUT2D eigenvalue weighted by atomic mass is 35.5. The number of halogens is 1. The van der Waals surface area contributed by atoms with E-state index in [0.717, 1.165) is 52.4 Å². The number of imidazole rings is 1. The lowest BCUT2D eigenvalue weighted by atomic mass is 10.0. The van der Waals surface area contributed by atoms with Gasteiger partial charge in [-0.1, -0.05) is 29.8 Å². The summed E-state index contributed by atoms with van der Waals surface area (Å²) in [5.74, 6) is 0.777. The van der Waals surface area contributed by atoms with Crippen LogP contribution in [-0.2, 0) is 6.42 Å². The first-order valence-electron chi connectivity index (χ1n) is 10.5. The number of nitrogens with one attached hydrogen (secondary N) is 1. The molecule has 0 unspecified atom stereocenters. The Balaban J connectivity index is 1.40. The molecule has 4 heterocycles. The highest BCUT2D eigenvalue weighted by molar-refractivity contribution is 6.31. The van der Waals surface area contributed by atoms with E-state index >= 15 is 0 Å². The largest absolute Gasteiger partial charge is 0.340 e. The number of hydrogen-bond donors (Lipinski definition) is 1. The number of aromatic nitrogens is 7. The van der Waals surface area contributed by atoms with Gasteiger partial charge < -0.3 is 9.55 Å². The third kappa shape index (κ3) is 3.44. The summed E-state index contributed by atoms with van der Waals surface area (Å²) in [6, 6.07) is 19.8. The maximum Gasteiger partial charge on any atom is 0.252 e. The molecule has 3 aromatic heterocycles. The zero-order chi connectivity index (χ0) is 22.4. The van der Waals surface area contributed by atoms with E-state index in [4.69, 9.17) is 11.6 Å². The number of H-pyrrole nitrogens is 1. The summed E-state index contributed by atoms with van der Waals surface area (Å²) in [6.07, 6.45) is 4.88. The monoisotopic (exact) mass is 454 g/mol. The van der Waals surface area contributed by atoms with E-state index < -0.39 is 0 Å². The molecule has 0 fully saturated rings. The number of nitrogens with zero attached hydrogens (tertiary/aromatic N) is 6. The molecular weight excluding hydrogens is 438 g/mol. The molecule has 1 aliphatic heterocycles. The van der Waals surface area contributed by atoms with Crippen molar-refractivity contribution in [2.75, 3.05) is 0 Å². The van der Waals surface area contributed by atoms with Crippen molar-refractivity contribution >= 4 is 11.6 Å². The number of tetrazole rings is 1. The van der Waals surface area contributed by atoms with Crippen molar-refractivity contribution in [3.05, 3.63) is 100 Å². The fraction of sp³-hybridized carbons (Fsp3) is 0.125. The number of aryl methyl sites for hydroxylation is 1. The Morgan fingerprint density at radius 1 is 1.15 bits per heavy atom. The van der Waals surface area contributed by atoms with Gasteiger partial charge in [0.1, 0.15) is 12.2 Å². The quantitative estimate of drug-likeness (QED) is 0.445. The molecule has 0 spiro atoms. The molecule has 2 aromatic carbocycles. The summed E-state index contributed by atoms with van der Waals surface area (Å²) in [6.45, 7) is 0. The van der Waals surface area contributed by atoms with Crippen molar-refractivity contribution in [1.29, 1.82) is 0 Å². The predicted molar refractivity (Wildman–Crippen MR) is 123 cm³/mol. The lowest BCUT2D eigenvalue weighted by Gasteiger charge is -2.15. The summed E-state index contributed by atoms with van der Waals surface area (Å²) in [5.41, 5.74) is 5.10. The Hall–Kier alpha value is -4.04. The van der Waals surface area contributed by atoms with Crippen LogP contribution in [0.3, 0.4) is 0 Å². The van der Waals surface area contributed by atoms with E-state index in [1.807, 2.05) is 47.0 Å². The number of hydrogen-bond acceptors (Lipinski definition) is 5. The molecule has 1 radical (unpaired) electrons. The first kappa shape index (κ1) is 19.6. The van der Waals surface area contributed by atoms with Crippen molar-refractivity contribution in [3.63, 3.8) is 0 Å². The number of rotatable bonds is 4. The minimum Gasteiger partial charge on any atom is -0.340 e. The predicted octanol–water partition coefficient (Wildman–Crippen LogP) is 3.87. The van der Waals surface area contributed by atoms with E-state index in [1.54, 1.807) is 23.0 Å². The third-order valence-electron chi connectivity index (χ3n) is 5.93. The molecule has 8 nitrogen and oxygen atoms in total. The molecule has 0 saturated carbocycles. The Morgan fingerprint density at radius 2 is 2.09 bits per heavy atom. The normalized spacial score (nSPS) is 15.0. The average molecular weight is 455 g/mol. The van der Waals surface area contributed by atoms with Crippen LogP contribution in [0.2, 0.25) is 5.02 Å². The minimum absolute atomic E-state index is 0.0846. The van der Waals surface area contributed by atoms with Gasteiger partial charge in [0, 0.05) is 27.9 Å². The van der Waals surface area contributed by atoms with Gasteiger partial charge in [0.2, 0.25) is 0 Å². The van der Waals surface area contributed by atoms with Gasteiger partial charge >= 0.3 is 0 Å². The molecule has 161 valence electrons. The highest BCUT2D eigenvalue weighted by Crippen LogP contribution is 2.34. The molecule has 33 heavy (non-hydrogen) atoms. The van der Waals surface area contributed by atoms with E-state index in [1.165, 1.54) is 6.33 Å². The van der Waals surface area contributed by atoms with E-state index in [0.29, 0.717) is 5.02 Å². The SMILES string of the molecule is O=c1cc(-c2cc(Cl)ccc2-n2cnnn2)cc2n1[C@H](c1ncc(-c3c[c]ccc3)[nH]1)CC2. The molecule has 1 atom stereocenters. The topological polar surface area (TPSA) is 94.3 Å². The second-order valence-electron chi connectivity index (χ2n) is 7.89. The maximum atomic E-state index is 13.3. The van der Waals surface area contributed by atoms with Gasteiger partial charge in [0.05, 0.1) is 23.6 Å². The average Bonchev–Trinajstić information content (AvgIpc) is 3.60. The Bertz CT molecular complexity index is 1510. The molecule has 1 aliphatic rings.